The summed E-state index contributed by atoms with van der Waals surface area (Å²) < 4.78 is 0. The van der Waals surface area contributed by atoms with Gasteiger partial charge in [0.25, 0.3) is 0 Å². The van der Waals surface area contributed by atoms with E-state index >= 15 is 0 Å². The molecule has 0 aromatic carbocycles. The number of hydrogen-bond acceptors (Lipinski definition) is 3. The summed E-state index contributed by atoms with van der Waals surface area (Å²) in [4.78, 5) is 2.46. The maximum Gasteiger partial charge on any atom is 0.0610 e. The van der Waals surface area contributed by atoms with Gasteiger partial charge in [0.1, 0.15) is 0 Å². The summed E-state index contributed by atoms with van der Waals surface area (Å²) in [6.45, 7) is 6.68. The molecule has 16 heavy (non-hydrogen) atoms. The van der Waals surface area contributed by atoms with Crippen molar-refractivity contribution in [3.8, 4) is 0 Å². The number of nitrogens with zero attached hydrogens (tertiary/aromatic N) is 1. The minimum Gasteiger partial charge on any atom is -0.394 e. The normalized spacial score (nSPS) is 20.1. The first-order valence-electron chi connectivity index (χ1n) is 6.67. The van der Waals surface area contributed by atoms with E-state index in [1.807, 2.05) is 0 Å². The second-order valence-corrected chi connectivity index (χ2v) is 5.46. The first-order valence-corrected chi connectivity index (χ1v) is 6.67. The van der Waals surface area contributed by atoms with Crippen LogP contribution in [0.1, 0.15) is 46.0 Å². The molecule has 0 heterocycles. The van der Waals surface area contributed by atoms with Crippen LogP contribution in [0.5, 0.6) is 0 Å². The molecule has 1 atom stereocenters. The highest BCUT2D eigenvalue weighted by Crippen LogP contribution is 2.25. The van der Waals surface area contributed by atoms with Gasteiger partial charge in [-0.05, 0) is 59.2 Å². The quantitative estimate of drug-likeness (QED) is 0.629. The van der Waals surface area contributed by atoms with Gasteiger partial charge in [-0.15, -0.1) is 0 Å². The van der Waals surface area contributed by atoms with Crippen molar-refractivity contribution in [3.63, 3.8) is 0 Å². The average molecular weight is 228 g/mol. The Hall–Kier alpha value is -0.120. The molecule has 0 aliphatic heterocycles. The van der Waals surface area contributed by atoms with Gasteiger partial charge in [0.2, 0.25) is 0 Å². The van der Waals surface area contributed by atoms with Crippen LogP contribution < -0.4 is 5.32 Å². The van der Waals surface area contributed by atoms with Crippen molar-refractivity contribution in [1.29, 1.82) is 0 Å². The Balaban J connectivity index is 2.15. The summed E-state index contributed by atoms with van der Waals surface area (Å²) in [6.07, 6.45) is 6.10. The number of aliphatic hydroxyl groups is 1. The third kappa shape index (κ3) is 4.81. The lowest BCUT2D eigenvalue weighted by Crippen LogP contribution is -2.46. The topological polar surface area (TPSA) is 35.5 Å². The molecule has 3 nitrogen and oxygen atoms in total. The Labute approximate surface area is 100 Å². The van der Waals surface area contributed by atoms with E-state index in [1.165, 1.54) is 19.3 Å². The summed E-state index contributed by atoms with van der Waals surface area (Å²) in [7, 11) is 2.22. The van der Waals surface area contributed by atoms with E-state index in [-0.39, 0.29) is 12.1 Å². The molecule has 0 aromatic rings. The van der Waals surface area contributed by atoms with Gasteiger partial charge in [-0.25, -0.2) is 0 Å². The molecule has 1 rings (SSSR count). The SMILES string of the molecule is CCCNC(C)(CO)CCCN(C)C1CC1. The molecule has 1 unspecified atom stereocenters. The van der Waals surface area contributed by atoms with E-state index in [0.717, 1.165) is 32.0 Å². The highest BCUT2D eigenvalue weighted by atomic mass is 16.3. The molecule has 0 bridgehead atoms. The summed E-state index contributed by atoms with van der Waals surface area (Å²) >= 11 is 0. The van der Waals surface area contributed by atoms with E-state index in [2.05, 4.69) is 31.1 Å². The van der Waals surface area contributed by atoms with Gasteiger partial charge in [0.15, 0.2) is 0 Å². The fraction of sp³-hybridized carbons (Fsp3) is 1.00. The van der Waals surface area contributed by atoms with Crippen molar-refractivity contribution in [3.05, 3.63) is 0 Å². The van der Waals surface area contributed by atoms with Gasteiger partial charge < -0.3 is 15.3 Å². The van der Waals surface area contributed by atoms with Crippen molar-refractivity contribution >= 4 is 0 Å². The van der Waals surface area contributed by atoms with Gasteiger partial charge in [0, 0.05) is 11.6 Å². The maximum absolute atomic E-state index is 9.42. The average Bonchev–Trinajstić information content (AvgIpc) is 3.10. The molecule has 0 spiro atoms. The number of aliphatic hydroxyl groups excluding tert-OH is 1. The van der Waals surface area contributed by atoms with Crippen LogP contribution in [0.25, 0.3) is 0 Å². The zero-order valence-electron chi connectivity index (χ0n) is 11.1. The molecule has 2 N–H and O–H groups in total. The second-order valence-electron chi connectivity index (χ2n) is 5.46. The van der Waals surface area contributed by atoms with Gasteiger partial charge in [0.05, 0.1) is 6.61 Å². The fourth-order valence-corrected chi connectivity index (χ4v) is 2.07. The van der Waals surface area contributed by atoms with Crippen LogP contribution in [-0.2, 0) is 0 Å². The van der Waals surface area contributed by atoms with Crippen molar-refractivity contribution in [2.75, 3.05) is 26.7 Å². The molecule has 3 heteroatoms. The lowest BCUT2D eigenvalue weighted by Gasteiger charge is -2.29. The summed E-state index contributed by atoms with van der Waals surface area (Å²) in [5, 5.41) is 12.9. The van der Waals surface area contributed by atoms with Crippen LogP contribution >= 0.6 is 0 Å². The molecule has 1 saturated carbocycles. The van der Waals surface area contributed by atoms with Crippen molar-refractivity contribution in [1.82, 2.24) is 10.2 Å². The number of hydrogen-bond donors (Lipinski definition) is 2. The zero-order chi connectivity index (χ0) is 12.0. The van der Waals surface area contributed by atoms with Crippen LogP contribution in [0.2, 0.25) is 0 Å². The highest BCUT2D eigenvalue weighted by Gasteiger charge is 2.27. The van der Waals surface area contributed by atoms with E-state index in [0.29, 0.717) is 0 Å². The van der Waals surface area contributed by atoms with Gasteiger partial charge in [-0.3, -0.25) is 0 Å². The molecule has 0 radical (unpaired) electrons. The smallest absolute Gasteiger partial charge is 0.0610 e. The summed E-state index contributed by atoms with van der Waals surface area (Å²) in [5.74, 6) is 0. The molecule has 0 amide bonds. The van der Waals surface area contributed by atoms with Crippen molar-refractivity contribution < 1.29 is 5.11 Å². The standard InChI is InChI=1S/C13H28N2O/c1-4-9-14-13(2,11-16)8-5-10-15(3)12-6-7-12/h12,14,16H,4-11H2,1-3H3. The molecule has 1 aliphatic rings. The molecule has 96 valence electrons. The molecule has 1 fully saturated rings. The third-order valence-electron chi connectivity index (χ3n) is 3.56. The highest BCUT2D eigenvalue weighted by molar-refractivity contribution is 4.85. The number of rotatable bonds is 9. The van der Waals surface area contributed by atoms with E-state index in [4.69, 9.17) is 0 Å². The second kappa shape index (κ2) is 6.58. The van der Waals surface area contributed by atoms with E-state index < -0.39 is 0 Å². The summed E-state index contributed by atoms with van der Waals surface area (Å²) in [6, 6.07) is 0.851. The van der Waals surface area contributed by atoms with Crippen LogP contribution in [0.4, 0.5) is 0 Å². The lowest BCUT2D eigenvalue weighted by atomic mass is 9.96. The predicted molar refractivity (Wildman–Crippen MR) is 68.7 cm³/mol. The minimum atomic E-state index is -0.0829. The van der Waals surface area contributed by atoms with Crippen LogP contribution in [0.3, 0.4) is 0 Å². The molecule has 0 aromatic heterocycles. The van der Waals surface area contributed by atoms with Gasteiger partial charge in [-0.1, -0.05) is 6.92 Å². The van der Waals surface area contributed by atoms with Gasteiger partial charge >= 0.3 is 0 Å². The first kappa shape index (κ1) is 13.9. The molecular formula is C13H28N2O. The third-order valence-corrected chi connectivity index (χ3v) is 3.56. The Bertz CT molecular complexity index is 194. The predicted octanol–water partition coefficient (Wildman–Crippen LogP) is 1.61. The molecule has 0 saturated heterocycles. The van der Waals surface area contributed by atoms with Crippen LogP contribution in [-0.4, -0.2) is 48.3 Å². The monoisotopic (exact) mass is 228 g/mol. The fourth-order valence-electron chi connectivity index (χ4n) is 2.07. The molecule has 1 aliphatic carbocycles. The van der Waals surface area contributed by atoms with Crippen molar-refractivity contribution in [2.24, 2.45) is 0 Å². The minimum absolute atomic E-state index is 0.0829. The maximum atomic E-state index is 9.42. The lowest BCUT2D eigenvalue weighted by molar-refractivity contribution is 0.158. The Kier molecular flexibility index (Phi) is 5.73. The van der Waals surface area contributed by atoms with E-state index in [1.54, 1.807) is 0 Å². The number of nitrogens with one attached hydrogen (secondary N) is 1. The molecular weight excluding hydrogens is 200 g/mol. The van der Waals surface area contributed by atoms with Gasteiger partial charge in [-0.2, -0.15) is 0 Å². The Morgan fingerprint density at radius 3 is 2.62 bits per heavy atom. The largest absolute Gasteiger partial charge is 0.394 e. The Morgan fingerprint density at radius 1 is 1.44 bits per heavy atom. The Morgan fingerprint density at radius 2 is 2.12 bits per heavy atom. The van der Waals surface area contributed by atoms with Crippen LogP contribution in [0, 0.1) is 0 Å². The first-order chi connectivity index (χ1) is 7.61. The summed E-state index contributed by atoms with van der Waals surface area (Å²) in [5.41, 5.74) is -0.0829. The zero-order valence-corrected chi connectivity index (χ0v) is 11.1. The van der Waals surface area contributed by atoms with Crippen molar-refractivity contribution in [2.45, 2.75) is 57.5 Å². The van der Waals surface area contributed by atoms with E-state index in [9.17, 15) is 5.11 Å². The van der Waals surface area contributed by atoms with Crippen LogP contribution in [0.15, 0.2) is 0 Å².